The molecule has 0 aromatic carbocycles. The van der Waals surface area contributed by atoms with Gasteiger partial charge in [-0.3, -0.25) is 4.79 Å². The summed E-state index contributed by atoms with van der Waals surface area (Å²) < 4.78 is 0. The van der Waals surface area contributed by atoms with Crippen molar-refractivity contribution in [1.29, 1.82) is 0 Å². The summed E-state index contributed by atoms with van der Waals surface area (Å²) in [7, 11) is 0. The van der Waals surface area contributed by atoms with Crippen LogP contribution >= 0.6 is 0 Å². The zero-order chi connectivity index (χ0) is 13.3. The number of hydrogen-bond donors (Lipinski definition) is 2. The Morgan fingerprint density at radius 1 is 1.24 bits per heavy atom. The third kappa shape index (κ3) is 5.07. The van der Waals surface area contributed by atoms with Crippen molar-refractivity contribution in [3.63, 3.8) is 0 Å². The fourth-order valence-corrected chi connectivity index (χ4v) is 2.10. The summed E-state index contributed by atoms with van der Waals surface area (Å²) in [6.07, 6.45) is 5.98. The van der Waals surface area contributed by atoms with E-state index in [9.17, 15) is 4.79 Å². The quantitative estimate of drug-likeness (QED) is 0.653. The van der Waals surface area contributed by atoms with Gasteiger partial charge in [0.15, 0.2) is 0 Å². The van der Waals surface area contributed by atoms with Gasteiger partial charge in [-0.05, 0) is 25.7 Å². The highest BCUT2D eigenvalue weighted by Crippen LogP contribution is 2.18. The average molecular weight is 242 g/mol. The summed E-state index contributed by atoms with van der Waals surface area (Å²) in [5.74, 6) is 0.342. The Morgan fingerprint density at radius 3 is 2.18 bits per heavy atom. The fourth-order valence-electron chi connectivity index (χ4n) is 2.10. The van der Waals surface area contributed by atoms with Gasteiger partial charge < -0.3 is 11.1 Å². The van der Waals surface area contributed by atoms with Crippen LogP contribution in [0.1, 0.15) is 66.2 Å². The minimum absolute atomic E-state index is 0.152. The number of carbonyl (C=O) groups excluding carboxylic acids is 1. The Kier molecular flexibility index (Phi) is 8.23. The molecule has 0 aromatic heterocycles. The second kappa shape index (κ2) is 8.51. The van der Waals surface area contributed by atoms with Gasteiger partial charge >= 0.3 is 0 Å². The number of nitrogens with two attached hydrogens (primary N) is 1. The SMILES string of the molecule is CCCCC(CC)C(=O)NC(CC)(CC)CN. The van der Waals surface area contributed by atoms with Crippen LogP contribution in [0.2, 0.25) is 0 Å². The van der Waals surface area contributed by atoms with Crippen LogP contribution in [0.4, 0.5) is 0 Å². The van der Waals surface area contributed by atoms with Gasteiger partial charge in [-0.15, -0.1) is 0 Å². The van der Waals surface area contributed by atoms with Gasteiger partial charge in [0.2, 0.25) is 5.91 Å². The lowest BCUT2D eigenvalue weighted by atomic mass is 9.90. The summed E-state index contributed by atoms with van der Waals surface area (Å²) in [5.41, 5.74) is 5.61. The Bertz CT molecular complexity index is 204. The minimum Gasteiger partial charge on any atom is -0.349 e. The van der Waals surface area contributed by atoms with Gasteiger partial charge in [-0.2, -0.15) is 0 Å². The smallest absolute Gasteiger partial charge is 0.223 e. The van der Waals surface area contributed by atoms with E-state index in [0.29, 0.717) is 6.54 Å². The summed E-state index contributed by atoms with van der Waals surface area (Å²) in [4.78, 5) is 12.2. The Labute approximate surface area is 107 Å². The van der Waals surface area contributed by atoms with Crippen molar-refractivity contribution in [1.82, 2.24) is 5.32 Å². The molecule has 3 nitrogen and oxygen atoms in total. The number of nitrogens with one attached hydrogen (secondary N) is 1. The molecule has 0 rings (SSSR count). The Balaban J connectivity index is 4.46. The van der Waals surface area contributed by atoms with E-state index in [2.05, 4.69) is 33.0 Å². The van der Waals surface area contributed by atoms with E-state index < -0.39 is 0 Å². The van der Waals surface area contributed by atoms with Crippen LogP contribution in [-0.4, -0.2) is 18.0 Å². The van der Waals surface area contributed by atoms with Gasteiger partial charge in [0.05, 0.1) is 5.54 Å². The van der Waals surface area contributed by atoms with E-state index in [1.165, 1.54) is 0 Å². The van der Waals surface area contributed by atoms with E-state index in [1.807, 2.05) is 0 Å². The molecule has 1 atom stereocenters. The zero-order valence-electron chi connectivity index (χ0n) is 12.0. The molecule has 102 valence electrons. The molecule has 0 aliphatic rings. The van der Waals surface area contributed by atoms with Crippen LogP contribution in [0.3, 0.4) is 0 Å². The molecule has 0 aliphatic carbocycles. The molecule has 17 heavy (non-hydrogen) atoms. The van der Waals surface area contributed by atoms with Crippen LogP contribution in [0.15, 0.2) is 0 Å². The predicted molar refractivity (Wildman–Crippen MR) is 73.8 cm³/mol. The maximum Gasteiger partial charge on any atom is 0.223 e. The molecular weight excluding hydrogens is 212 g/mol. The van der Waals surface area contributed by atoms with Crippen LogP contribution in [0.25, 0.3) is 0 Å². The third-order valence-corrected chi connectivity index (χ3v) is 3.90. The first kappa shape index (κ1) is 16.4. The third-order valence-electron chi connectivity index (χ3n) is 3.90. The van der Waals surface area contributed by atoms with Crippen molar-refractivity contribution in [3.8, 4) is 0 Å². The molecule has 0 bridgehead atoms. The monoisotopic (exact) mass is 242 g/mol. The van der Waals surface area contributed by atoms with Crippen molar-refractivity contribution in [2.75, 3.05) is 6.54 Å². The van der Waals surface area contributed by atoms with E-state index in [4.69, 9.17) is 5.73 Å². The molecule has 0 spiro atoms. The molecule has 0 aromatic rings. The van der Waals surface area contributed by atoms with Crippen molar-refractivity contribution in [3.05, 3.63) is 0 Å². The minimum atomic E-state index is -0.198. The summed E-state index contributed by atoms with van der Waals surface area (Å²) >= 11 is 0. The normalized spacial score (nSPS) is 13.5. The van der Waals surface area contributed by atoms with E-state index >= 15 is 0 Å². The van der Waals surface area contributed by atoms with Crippen molar-refractivity contribution in [2.24, 2.45) is 11.7 Å². The van der Waals surface area contributed by atoms with Crippen LogP contribution < -0.4 is 11.1 Å². The van der Waals surface area contributed by atoms with Gasteiger partial charge in [-0.25, -0.2) is 0 Å². The van der Waals surface area contributed by atoms with Crippen LogP contribution in [0, 0.1) is 5.92 Å². The molecule has 3 heteroatoms. The van der Waals surface area contributed by atoms with Crippen LogP contribution in [0.5, 0.6) is 0 Å². The lowest BCUT2D eigenvalue weighted by Gasteiger charge is -2.33. The number of amides is 1. The first-order valence-corrected chi connectivity index (χ1v) is 7.11. The number of unbranched alkanes of at least 4 members (excludes halogenated alkanes) is 1. The molecule has 0 radical (unpaired) electrons. The van der Waals surface area contributed by atoms with Crippen molar-refractivity contribution >= 4 is 5.91 Å². The fraction of sp³-hybridized carbons (Fsp3) is 0.929. The van der Waals surface area contributed by atoms with Gasteiger partial charge in [0, 0.05) is 12.5 Å². The summed E-state index contributed by atoms with van der Waals surface area (Å²) in [6.45, 7) is 8.94. The number of rotatable bonds is 9. The lowest BCUT2D eigenvalue weighted by molar-refractivity contribution is -0.127. The Hall–Kier alpha value is -0.570. The van der Waals surface area contributed by atoms with Crippen molar-refractivity contribution in [2.45, 2.75) is 71.8 Å². The Morgan fingerprint density at radius 2 is 1.82 bits per heavy atom. The lowest BCUT2D eigenvalue weighted by Crippen LogP contribution is -2.54. The topological polar surface area (TPSA) is 55.1 Å². The summed E-state index contributed by atoms with van der Waals surface area (Å²) in [5, 5.41) is 3.18. The highest BCUT2D eigenvalue weighted by Gasteiger charge is 2.28. The maximum absolute atomic E-state index is 12.2. The standard InChI is InChI=1S/C14H30N2O/c1-5-9-10-12(6-2)13(17)16-14(7-3,8-4)11-15/h12H,5-11,15H2,1-4H3,(H,16,17). The molecule has 0 heterocycles. The molecule has 0 aliphatic heterocycles. The van der Waals surface area contributed by atoms with E-state index in [-0.39, 0.29) is 17.4 Å². The molecule has 0 fully saturated rings. The average Bonchev–Trinajstić information content (AvgIpc) is 2.37. The molecular formula is C14H30N2O. The highest BCUT2D eigenvalue weighted by atomic mass is 16.2. The zero-order valence-corrected chi connectivity index (χ0v) is 12.0. The van der Waals surface area contributed by atoms with Gasteiger partial charge in [0.1, 0.15) is 0 Å². The van der Waals surface area contributed by atoms with E-state index in [1.54, 1.807) is 0 Å². The van der Waals surface area contributed by atoms with E-state index in [0.717, 1.165) is 38.5 Å². The first-order valence-electron chi connectivity index (χ1n) is 7.11. The van der Waals surface area contributed by atoms with Gasteiger partial charge in [-0.1, -0.05) is 40.5 Å². The molecule has 3 N–H and O–H groups in total. The predicted octanol–water partition coefficient (Wildman–Crippen LogP) is 2.84. The molecule has 1 unspecified atom stereocenters. The molecule has 1 amide bonds. The second-order valence-corrected chi connectivity index (χ2v) is 4.93. The van der Waals surface area contributed by atoms with Gasteiger partial charge in [0.25, 0.3) is 0 Å². The number of carbonyl (C=O) groups is 1. The summed E-state index contributed by atoms with van der Waals surface area (Å²) in [6, 6.07) is 0. The van der Waals surface area contributed by atoms with Crippen LogP contribution in [-0.2, 0) is 4.79 Å². The largest absolute Gasteiger partial charge is 0.349 e. The maximum atomic E-state index is 12.2. The highest BCUT2D eigenvalue weighted by molar-refractivity contribution is 5.79. The molecule has 0 saturated carbocycles. The van der Waals surface area contributed by atoms with Crippen molar-refractivity contribution < 1.29 is 4.79 Å². The second-order valence-electron chi connectivity index (χ2n) is 4.93. The molecule has 0 saturated heterocycles. The number of hydrogen-bond acceptors (Lipinski definition) is 2. The first-order chi connectivity index (χ1) is 8.09.